The number of carbonyl (C=O) groups excluding carboxylic acids is 2. The zero-order valence-electron chi connectivity index (χ0n) is 9.30. The summed E-state index contributed by atoms with van der Waals surface area (Å²) in [4.78, 5) is 23.1. The van der Waals surface area contributed by atoms with E-state index in [9.17, 15) is 9.59 Å². The highest BCUT2D eigenvalue weighted by Gasteiger charge is 2.15. The summed E-state index contributed by atoms with van der Waals surface area (Å²) in [5, 5.41) is -0.207. The molecule has 0 radical (unpaired) electrons. The van der Waals surface area contributed by atoms with Gasteiger partial charge in [-0.1, -0.05) is 18.2 Å². The molecule has 3 nitrogen and oxygen atoms in total. The Labute approximate surface area is 99.2 Å². The number of esters is 1. The van der Waals surface area contributed by atoms with Gasteiger partial charge in [-0.15, -0.1) is 11.8 Å². The minimum atomic E-state index is -0.426. The van der Waals surface area contributed by atoms with Crippen molar-refractivity contribution in [3.05, 3.63) is 30.3 Å². The first kappa shape index (κ1) is 12.8. The highest BCUT2D eigenvalue weighted by Crippen LogP contribution is 2.23. The second-order valence-corrected chi connectivity index (χ2v) is 4.73. The van der Waals surface area contributed by atoms with Crippen LogP contribution < -0.4 is 0 Å². The van der Waals surface area contributed by atoms with Gasteiger partial charge in [-0.2, -0.15) is 0 Å². The Balaban J connectivity index is 2.43. The van der Waals surface area contributed by atoms with E-state index in [1.807, 2.05) is 37.3 Å². The van der Waals surface area contributed by atoms with Gasteiger partial charge in [-0.05, 0) is 19.1 Å². The van der Waals surface area contributed by atoms with E-state index in [1.165, 1.54) is 18.7 Å². The fraction of sp³-hybridized carbons (Fsp3) is 0.333. The molecule has 0 amide bonds. The van der Waals surface area contributed by atoms with E-state index in [2.05, 4.69) is 4.74 Å². The van der Waals surface area contributed by atoms with Crippen molar-refractivity contribution in [1.82, 2.24) is 0 Å². The summed E-state index contributed by atoms with van der Waals surface area (Å²) in [6, 6.07) is 9.66. The quantitative estimate of drug-likeness (QED) is 0.583. The Morgan fingerprint density at radius 2 is 1.94 bits per heavy atom. The summed E-state index contributed by atoms with van der Waals surface area (Å²) in [5.41, 5.74) is 0. The van der Waals surface area contributed by atoms with Crippen molar-refractivity contribution < 1.29 is 14.3 Å². The summed E-state index contributed by atoms with van der Waals surface area (Å²) >= 11 is 1.46. The minimum Gasteiger partial charge on any atom is -0.458 e. The zero-order valence-corrected chi connectivity index (χ0v) is 10.1. The monoisotopic (exact) mass is 238 g/mol. The zero-order chi connectivity index (χ0) is 12.0. The van der Waals surface area contributed by atoms with Gasteiger partial charge in [0.15, 0.2) is 12.4 Å². The third-order valence-corrected chi connectivity index (χ3v) is 3.09. The molecule has 0 spiro atoms. The number of Topliss-reactive ketones (excluding diaryl/α,β-unsaturated/α-hetero) is 1. The van der Waals surface area contributed by atoms with Crippen LogP contribution in [0.4, 0.5) is 0 Å². The van der Waals surface area contributed by atoms with E-state index in [4.69, 9.17) is 0 Å². The van der Waals surface area contributed by atoms with Crippen molar-refractivity contribution in [2.75, 3.05) is 6.61 Å². The molecular weight excluding hydrogens is 224 g/mol. The number of hydrogen-bond acceptors (Lipinski definition) is 4. The molecule has 0 fully saturated rings. The van der Waals surface area contributed by atoms with Crippen molar-refractivity contribution >= 4 is 23.5 Å². The van der Waals surface area contributed by atoms with Crippen LogP contribution >= 0.6 is 11.8 Å². The Morgan fingerprint density at radius 3 is 2.50 bits per heavy atom. The lowest BCUT2D eigenvalue weighted by molar-refractivity contribution is -0.145. The predicted molar refractivity (Wildman–Crippen MR) is 63.4 cm³/mol. The van der Waals surface area contributed by atoms with Gasteiger partial charge in [0.2, 0.25) is 0 Å². The first-order chi connectivity index (χ1) is 7.59. The predicted octanol–water partition coefficient (Wildman–Crippen LogP) is 2.30. The van der Waals surface area contributed by atoms with Gasteiger partial charge in [0.05, 0.1) is 5.25 Å². The average Bonchev–Trinajstić information content (AvgIpc) is 2.27. The molecular formula is C12H14O3S. The molecule has 0 heterocycles. The number of ketones is 1. The molecule has 1 aromatic carbocycles. The normalized spacial score (nSPS) is 11.9. The van der Waals surface area contributed by atoms with E-state index in [1.54, 1.807) is 0 Å². The van der Waals surface area contributed by atoms with Gasteiger partial charge in [-0.25, -0.2) is 0 Å². The molecule has 1 aromatic rings. The van der Waals surface area contributed by atoms with Gasteiger partial charge in [-0.3, -0.25) is 9.59 Å². The van der Waals surface area contributed by atoms with E-state index in [0.29, 0.717) is 0 Å². The molecule has 1 rings (SSSR count). The van der Waals surface area contributed by atoms with Crippen LogP contribution in [0.15, 0.2) is 35.2 Å². The standard InChI is InChI=1S/C12H14O3S/c1-9(12(14)8-15-10(2)13)16-11-6-4-3-5-7-11/h3-7,9H,8H2,1-2H3. The van der Waals surface area contributed by atoms with Gasteiger partial charge < -0.3 is 4.74 Å². The van der Waals surface area contributed by atoms with Crippen LogP contribution in [0.1, 0.15) is 13.8 Å². The minimum absolute atomic E-state index is 0.0796. The lowest BCUT2D eigenvalue weighted by Crippen LogP contribution is -2.20. The van der Waals surface area contributed by atoms with Crippen molar-refractivity contribution in [2.24, 2.45) is 0 Å². The average molecular weight is 238 g/mol. The first-order valence-corrected chi connectivity index (χ1v) is 5.85. The van der Waals surface area contributed by atoms with Crippen molar-refractivity contribution in [3.63, 3.8) is 0 Å². The summed E-state index contributed by atoms with van der Waals surface area (Å²) in [5.74, 6) is -0.505. The van der Waals surface area contributed by atoms with E-state index < -0.39 is 5.97 Å². The maximum atomic E-state index is 11.6. The Bertz CT molecular complexity index is 362. The van der Waals surface area contributed by atoms with Crippen LogP contribution in [0.25, 0.3) is 0 Å². The Morgan fingerprint density at radius 1 is 1.31 bits per heavy atom. The van der Waals surface area contributed by atoms with Gasteiger partial charge in [0.1, 0.15) is 0 Å². The largest absolute Gasteiger partial charge is 0.458 e. The van der Waals surface area contributed by atoms with E-state index in [0.717, 1.165) is 4.90 Å². The number of hydrogen-bond donors (Lipinski definition) is 0. The lowest BCUT2D eigenvalue weighted by Gasteiger charge is -2.09. The second kappa shape index (κ2) is 6.33. The maximum absolute atomic E-state index is 11.6. The highest BCUT2D eigenvalue weighted by molar-refractivity contribution is 8.00. The summed E-state index contributed by atoms with van der Waals surface area (Å²) < 4.78 is 4.66. The molecule has 0 aliphatic carbocycles. The third kappa shape index (κ3) is 4.49. The summed E-state index contributed by atoms with van der Waals surface area (Å²) in [7, 11) is 0. The fourth-order valence-electron chi connectivity index (χ4n) is 1.06. The van der Waals surface area contributed by atoms with Crippen LogP contribution in [-0.4, -0.2) is 23.6 Å². The smallest absolute Gasteiger partial charge is 0.303 e. The summed E-state index contributed by atoms with van der Waals surface area (Å²) in [6.07, 6.45) is 0. The van der Waals surface area contributed by atoms with Crippen LogP contribution in [0.3, 0.4) is 0 Å². The molecule has 1 unspecified atom stereocenters. The maximum Gasteiger partial charge on any atom is 0.303 e. The molecule has 0 N–H and O–H groups in total. The number of ether oxygens (including phenoxy) is 1. The molecule has 4 heteroatoms. The number of rotatable bonds is 5. The van der Waals surface area contributed by atoms with Crippen LogP contribution in [0.2, 0.25) is 0 Å². The molecule has 0 saturated carbocycles. The Hall–Kier alpha value is -1.29. The van der Waals surface area contributed by atoms with Gasteiger partial charge in [0.25, 0.3) is 0 Å². The molecule has 16 heavy (non-hydrogen) atoms. The molecule has 0 aliphatic heterocycles. The van der Waals surface area contributed by atoms with Crippen molar-refractivity contribution in [3.8, 4) is 0 Å². The number of thioether (sulfide) groups is 1. The third-order valence-electron chi connectivity index (χ3n) is 1.93. The number of benzene rings is 1. The molecule has 1 atom stereocenters. The van der Waals surface area contributed by atoms with Gasteiger partial charge >= 0.3 is 5.97 Å². The molecule has 0 aromatic heterocycles. The van der Waals surface area contributed by atoms with Gasteiger partial charge in [0, 0.05) is 11.8 Å². The molecule has 0 bridgehead atoms. The van der Waals surface area contributed by atoms with E-state index in [-0.39, 0.29) is 17.6 Å². The van der Waals surface area contributed by atoms with Crippen LogP contribution in [0, 0.1) is 0 Å². The first-order valence-electron chi connectivity index (χ1n) is 4.97. The van der Waals surface area contributed by atoms with Crippen LogP contribution in [-0.2, 0) is 14.3 Å². The Kier molecular flexibility index (Phi) is 5.05. The summed E-state index contributed by atoms with van der Waals surface area (Å²) in [6.45, 7) is 2.96. The lowest BCUT2D eigenvalue weighted by atomic mass is 10.3. The fourth-order valence-corrected chi connectivity index (χ4v) is 1.98. The topological polar surface area (TPSA) is 43.4 Å². The molecule has 86 valence electrons. The molecule has 0 saturated heterocycles. The SMILES string of the molecule is CC(=O)OCC(=O)C(C)Sc1ccccc1. The number of carbonyl (C=O) groups is 2. The van der Waals surface area contributed by atoms with Crippen molar-refractivity contribution in [1.29, 1.82) is 0 Å². The van der Waals surface area contributed by atoms with E-state index >= 15 is 0 Å². The second-order valence-electron chi connectivity index (χ2n) is 3.32. The van der Waals surface area contributed by atoms with Crippen molar-refractivity contribution in [2.45, 2.75) is 24.0 Å². The highest BCUT2D eigenvalue weighted by atomic mass is 32.2. The molecule has 0 aliphatic rings. The van der Waals surface area contributed by atoms with Crippen LogP contribution in [0.5, 0.6) is 0 Å².